The van der Waals surface area contributed by atoms with E-state index in [0.29, 0.717) is 16.3 Å². The van der Waals surface area contributed by atoms with Crippen LogP contribution in [0, 0.1) is 22.7 Å². The van der Waals surface area contributed by atoms with Gasteiger partial charge in [-0.05, 0) is 28.8 Å². The van der Waals surface area contributed by atoms with E-state index in [1.807, 2.05) is 30.3 Å². The number of nitrogens with one attached hydrogen (secondary N) is 1. The largest absolute Gasteiger partial charge is 0.399 e. The van der Waals surface area contributed by atoms with E-state index < -0.39 is 5.56 Å². The van der Waals surface area contributed by atoms with Gasteiger partial charge in [-0.1, -0.05) is 48.2 Å². The number of aromatic amines is 1. The number of nitrogen functional groups attached to an aromatic ring is 1. The maximum atomic E-state index is 12.5. The standard InChI is InChI=1S/C21H17N7OS/c22-9-16-19(17(10-23)21(27-20(16)29)30-11-18(25)28-26)14-3-1-12(2-4-14)13-5-7-15(24)8-6-13/h1-8H,11,24,26H2,(H2,25,28)(H,27,29). The lowest BCUT2D eigenvalue weighted by atomic mass is 9.95. The summed E-state index contributed by atoms with van der Waals surface area (Å²) in [5.74, 6) is 5.48. The third kappa shape index (κ3) is 4.12. The molecule has 0 saturated carbocycles. The third-order valence-electron chi connectivity index (χ3n) is 4.35. The smallest absolute Gasteiger partial charge is 0.267 e. The molecule has 0 amide bonds. The van der Waals surface area contributed by atoms with Crippen molar-refractivity contribution in [3.05, 3.63) is 70.0 Å². The topological polar surface area (TPSA) is 171 Å². The SMILES string of the molecule is N#Cc1c(SC/C(N)=N/N)[nH]c(=O)c(C#N)c1-c1ccc(-c2ccc(N)cc2)cc1. The van der Waals surface area contributed by atoms with Crippen LogP contribution < -0.4 is 22.9 Å². The number of pyridine rings is 1. The first-order chi connectivity index (χ1) is 14.5. The summed E-state index contributed by atoms with van der Waals surface area (Å²) in [6.45, 7) is 0. The lowest BCUT2D eigenvalue weighted by Gasteiger charge is -2.12. The quantitative estimate of drug-likeness (QED) is 0.124. The molecule has 8 nitrogen and oxygen atoms in total. The Hall–Kier alpha value is -4.21. The molecule has 148 valence electrons. The fourth-order valence-electron chi connectivity index (χ4n) is 2.88. The van der Waals surface area contributed by atoms with Crippen molar-refractivity contribution in [3.8, 4) is 34.4 Å². The minimum Gasteiger partial charge on any atom is -0.399 e. The van der Waals surface area contributed by atoms with E-state index >= 15 is 0 Å². The number of hydrogen-bond donors (Lipinski definition) is 4. The summed E-state index contributed by atoms with van der Waals surface area (Å²) in [5, 5.41) is 23.0. The Morgan fingerprint density at radius 3 is 2.03 bits per heavy atom. The summed E-state index contributed by atoms with van der Waals surface area (Å²) >= 11 is 1.11. The van der Waals surface area contributed by atoms with Crippen LogP contribution in [0.2, 0.25) is 0 Å². The van der Waals surface area contributed by atoms with Gasteiger partial charge >= 0.3 is 0 Å². The second kappa shape index (κ2) is 8.86. The monoisotopic (exact) mass is 415 g/mol. The summed E-state index contributed by atoms with van der Waals surface area (Å²) in [6, 6.07) is 18.7. The Kier molecular flexibility index (Phi) is 6.06. The summed E-state index contributed by atoms with van der Waals surface area (Å²) in [6.07, 6.45) is 0. The second-order valence-corrected chi connectivity index (χ2v) is 7.23. The molecule has 1 heterocycles. The number of rotatable bonds is 5. The van der Waals surface area contributed by atoms with E-state index in [1.54, 1.807) is 24.3 Å². The van der Waals surface area contributed by atoms with E-state index in [9.17, 15) is 15.3 Å². The van der Waals surface area contributed by atoms with Crippen LogP contribution in [0.1, 0.15) is 11.1 Å². The summed E-state index contributed by atoms with van der Waals surface area (Å²) < 4.78 is 0. The number of aromatic nitrogens is 1. The molecule has 3 rings (SSSR count). The molecule has 1 aromatic heterocycles. The van der Waals surface area contributed by atoms with Crippen LogP contribution in [0.5, 0.6) is 0 Å². The molecule has 0 aliphatic rings. The molecule has 0 aliphatic carbocycles. The van der Waals surface area contributed by atoms with Gasteiger partial charge in [0.1, 0.15) is 23.5 Å². The van der Waals surface area contributed by atoms with Crippen LogP contribution in [0.3, 0.4) is 0 Å². The normalized spacial score (nSPS) is 10.9. The average molecular weight is 415 g/mol. The zero-order valence-electron chi connectivity index (χ0n) is 15.7. The van der Waals surface area contributed by atoms with Crippen LogP contribution in [-0.4, -0.2) is 16.6 Å². The van der Waals surface area contributed by atoms with Crippen molar-refractivity contribution in [2.24, 2.45) is 16.7 Å². The minimum absolute atomic E-state index is 0.128. The molecule has 0 atom stereocenters. The lowest BCUT2D eigenvalue weighted by Crippen LogP contribution is -2.19. The van der Waals surface area contributed by atoms with Crippen LogP contribution in [-0.2, 0) is 0 Å². The number of hydrogen-bond acceptors (Lipinski definition) is 7. The van der Waals surface area contributed by atoms with Crippen LogP contribution in [0.4, 0.5) is 5.69 Å². The predicted octanol–water partition coefficient (Wildman–Crippen LogP) is 2.36. The molecule has 0 radical (unpaired) electrons. The second-order valence-electron chi connectivity index (χ2n) is 6.24. The zero-order chi connectivity index (χ0) is 21.7. The van der Waals surface area contributed by atoms with E-state index in [1.165, 1.54) is 0 Å². The molecular weight excluding hydrogens is 398 g/mol. The average Bonchev–Trinajstić information content (AvgIpc) is 2.77. The molecule has 30 heavy (non-hydrogen) atoms. The molecule has 9 heteroatoms. The van der Waals surface area contributed by atoms with Crippen LogP contribution in [0.25, 0.3) is 22.3 Å². The summed E-state index contributed by atoms with van der Waals surface area (Å²) in [7, 11) is 0. The first-order valence-electron chi connectivity index (χ1n) is 8.70. The van der Waals surface area contributed by atoms with Gasteiger partial charge in [-0.2, -0.15) is 15.6 Å². The number of anilines is 1. The Labute approximate surface area is 176 Å². The minimum atomic E-state index is -0.583. The molecule has 0 fully saturated rings. The van der Waals surface area contributed by atoms with Crippen molar-refractivity contribution in [3.63, 3.8) is 0 Å². The van der Waals surface area contributed by atoms with Gasteiger partial charge < -0.3 is 22.3 Å². The van der Waals surface area contributed by atoms with Crippen molar-refractivity contribution in [1.29, 1.82) is 10.5 Å². The third-order valence-corrected chi connectivity index (χ3v) is 5.39. The van der Waals surface area contributed by atoms with Gasteiger partial charge in [0.15, 0.2) is 0 Å². The van der Waals surface area contributed by atoms with E-state index in [4.69, 9.17) is 17.3 Å². The number of amidine groups is 1. The number of nitriles is 2. The molecule has 7 N–H and O–H groups in total. The van der Waals surface area contributed by atoms with Gasteiger partial charge in [-0.25, -0.2) is 0 Å². The van der Waals surface area contributed by atoms with Gasteiger partial charge in [-0.15, -0.1) is 0 Å². The van der Waals surface area contributed by atoms with Crippen molar-refractivity contribution < 1.29 is 0 Å². The Bertz CT molecular complexity index is 1250. The maximum Gasteiger partial charge on any atom is 0.267 e. The van der Waals surface area contributed by atoms with Gasteiger partial charge in [0.2, 0.25) is 0 Å². The van der Waals surface area contributed by atoms with Crippen LogP contribution >= 0.6 is 11.8 Å². The maximum absolute atomic E-state index is 12.5. The van der Waals surface area contributed by atoms with Gasteiger partial charge in [0.05, 0.1) is 16.3 Å². The van der Waals surface area contributed by atoms with Crippen molar-refractivity contribution in [1.82, 2.24) is 4.98 Å². The number of benzene rings is 2. The highest BCUT2D eigenvalue weighted by Crippen LogP contribution is 2.32. The Balaban J connectivity index is 2.11. The van der Waals surface area contributed by atoms with Gasteiger partial charge in [-0.3, -0.25) is 4.79 Å². The summed E-state index contributed by atoms with van der Waals surface area (Å²) in [5.41, 5.74) is 14.2. The molecule has 0 saturated heterocycles. The van der Waals surface area contributed by atoms with E-state index in [2.05, 4.69) is 16.2 Å². The molecular formula is C21H17N7OS. The molecule has 3 aromatic rings. The molecule has 0 unspecified atom stereocenters. The first-order valence-corrected chi connectivity index (χ1v) is 9.69. The fraction of sp³-hybridized carbons (Fsp3) is 0.0476. The molecule has 0 bridgehead atoms. The number of nitrogens with two attached hydrogens (primary N) is 3. The van der Waals surface area contributed by atoms with Crippen LogP contribution in [0.15, 0.2) is 63.5 Å². The van der Waals surface area contributed by atoms with Gasteiger partial charge in [0, 0.05) is 11.3 Å². The number of nitrogens with zero attached hydrogens (tertiary/aromatic N) is 3. The van der Waals surface area contributed by atoms with E-state index in [-0.39, 0.29) is 28.3 Å². The fourth-order valence-corrected chi connectivity index (χ4v) is 3.70. The number of hydrazone groups is 1. The first kappa shape index (κ1) is 20.5. The van der Waals surface area contributed by atoms with Crippen molar-refractivity contribution >= 4 is 23.3 Å². The van der Waals surface area contributed by atoms with Gasteiger partial charge in [0.25, 0.3) is 5.56 Å². The number of H-pyrrole nitrogens is 1. The molecule has 2 aromatic carbocycles. The van der Waals surface area contributed by atoms with E-state index in [0.717, 1.165) is 22.9 Å². The number of thioether (sulfide) groups is 1. The van der Waals surface area contributed by atoms with Crippen molar-refractivity contribution in [2.45, 2.75) is 5.03 Å². The van der Waals surface area contributed by atoms with Crippen molar-refractivity contribution in [2.75, 3.05) is 11.5 Å². The highest BCUT2D eigenvalue weighted by molar-refractivity contribution is 8.00. The lowest BCUT2D eigenvalue weighted by molar-refractivity contribution is 1.05. The molecule has 0 aliphatic heterocycles. The highest BCUT2D eigenvalue weighted by atomic mass is 32.2. The summed E-state index contributed by atoms with van der Waals surface area (Å²) in [4.78, 5) is 15.0. The zero-order valence-corrected chi connectivity index (χ0v) is 16.5. The Morgan fingerprint density at radius 1 is 0.967 bits per heavy atom. The molecule has 0 spiro atoms. The predicted molar refractivity (Wildman–Crippen MR) is 118 cm³/mol. The Morgan fingerprint density at radius 2 is 1.50 bits per heavy atom. The highest BCUT2D eigenvalue weighted by Gasteiger charge is 2.20.